The third-order valence-corrected chi connectivity index (χ3v) is 6.80. The van der Waals surface area contributed by atoms with Crippen LogP contribution in [0.1, 0.15) is 42.5 Å². The summed E-state index contributed by atoms with van der Waals surface area (Å²) < 4.78 is 11.8. The van der Waals surface area contributed by atoms with Crippen molar-refractivity contribution in [2.75, 3.05) is 13.7 Å². The summed E-state index contributed by atoms with van der Waals surface area (Å²) in [5.41, 5.74) is 1.66. The molecule has 4 heterocycles. The molecule has 0 saturated carbocycles. The third-order valence-electron chi connectivity index (χ3n) is 6.80. The van der Waals surface area contributed by atoms with Crippen molar-refractivity contribution in [2.24, 2.45) is 0 Å². The number of methoxy groups -OCH3 is 1. The molecule has 34 heavy (non-hydrogen) atoms. The summed E-state index contributed by atoms with van der Waals surface area (Å²) in [7, 11) is 1.64. The fourth-order valence-electron chi connectivity index (χ4n) is 4.82. The molecule has 0 fully saturated rings. The van der Waals surface area contributed by atoms with Crippen LogP contribution in [0.3, 0.4) is 0 Å². The van der Waals surface area contributed by atoms with Crippen molar-refractivity contribution in [3.63, 3.8) is 0 Å². The molecule has 9 heteroatoms. The van der Waals surface area contributed by atoms with E-state index in [1.54, 1.807) is 24.7 Å². The number of aromatic hydroxyl groups is 1. The van der Waals surface area contributed by atoms with Crippen molar-refractivity contribution < 1.29 is 24.5 Å². The van der Waals surface area contributed by atoms with Gasteiger partial charge >= 0.3 is 5.97 Å². The summed E-state index contributed by atoms with van der Waals surface area (Å²) in [4.78, 5) is 30.3. The van der Waals surface area contributed by atoms with Crippen LogP contribution in [0.25, 0.3) is 22.3 Å². The molecule has 2 aliphatic heterocycles. The first-order valence-electron chi connectivity index (χ1n) is 11.3. The number of phenolic OH excluding ortho intramolecular Hbond substituents is 1. The topological polar surface area (TPSA) is 123 Å². The summed E-state index contributed by atoms with van der Waals surface area (Å²) in [6.07, 6.45) is 0.0907. The number of carbonyl (C=O) groups excluding carboxylic acids is 1. The predicted molar refractivity (Wildman–Crippen MR) is 124 cm³/mol. The average Bonchev–Trinajstić information content (AvgIpc) is 3.18. The lowest BCUT2D eigenvalue weighted by Crippen LogP contribution is -2.44. The molecule has 0 amide bonds. The summed E-state index contributed by atoms with van der Waals surface area (Å²) in [5.74, 6) is -0.603. The lowest BCUT2D eigenvalue weighted by atomic mass is 9.86. The Morgan fingerprint density at radius 2 is 2.12 bits per heavy atom. The van der Waals surface area contributed by atoms with Crippen molar-refractivity contribution in [2.45, 2.75) is 51.6 Å². The van der Waals surface area contributed by atoms with Gasteiger partial charge in [-0.05, 0) is 31.5 Å². The molecule has 0 aliphatic carbocycles. The Hall–Kier alpha value is -3.27. The Morgan fingerprint density at radius 1 is 1.32 bits per heavy atom. The summed E-state index contributed by atoms with van der Waals surface area (Å²) in [6, 6.07) is 7.33. The number of nitrogens with zero attached hydrogens (tertiary/aromatic N) is 2. The molecule has 2 atom stereocenters. The molecule has 178 valence electrons. The lowest BCUT2D eigenvalue weighted by Gasteiger charge is -2.31. The van der Waals surface area contributed by atoms with E-state index in [2.05, 4.69) is 5.32 Å². The van der Waals surface area contributed by atoms with Crippen LogP contribution < -0.4 is 10.9 Å². The molecule has 1 unspecified atom stereocenters. The van der Waals surface area contributed by atoms with Gasteiger partial charge in [-0.3, -0.25) is 4.79 Å². The molecule has 0 bridgehead atoms. The highest BCUT2D eigenvalue weighted by Crippen LogP contribution is 2.40. The molecule has 5 rings (SSSR count). The van der Waals surface area contributed by atoms with Crippen molar-refractivity contribution >= 4 is 16.9 Å². The number of nitrogens with one attached hydrogen (secondary N) is 1. The first kappa shape index (κ1) is 22.5. The van der Waals surface area contributed by atoms with E-state index in [1.807, 2.05) is 25.1 Å². The van der Waals surface area contributed by atoms with Gasteiger partial charge in [0.15, 0.2) is 5.60 Å². The van der Waals surface area contributed by atoms with Crippen LogP contribution in [-0.2, 0) is 39.6 Å². The van der Waals surface area contributed by atoms with Crippen LogP contribution in [0, 0.1) is 0 Å². The number of hydrogen-bond donors (Lipinski definition) is 3. The maximum Gasteiger partial charge on any atom is 0.343 e. The second kappa shape index (κ2) is 8.19. The van der Waals surface area contributed by atoms with Crippen molar-refractivity contribution in [3.05, 3.63) is 56.9 Å². The van der Waals surface area contributed by atoms with Crippen LogP contribution >= 0.6 is 0 Å². The monoisotopic (exact) mass is 465 g/mol. The maximum atomic E-state index is 13.3. The quantitative estimate of drug-likeness (QED) is 0.369. The normalized spacial score (nSPS) is 19.5. The maximum absolute atomic E-state index is 13.3. The molecule has 0 radical (unpaired) electrons. The fourth-order valence-corrected chi connectivity index (χ4v) is 4.82. The minimum Gasteiger partial charge on any atom is -0.507 e. The van der Waals surface area contributed by atoms with Crippen LogP contribution in [0.15, 0.2) is 29.1 Å². The molecule has 3 N–H and O–H groups in total. The van der Waals surface area contributed by atoms with Crippen LogP contribution in [0.5, 0.6) is 5.75 Å². The molecule has 9 nitrogen and oxygen atoms in total. The van der Waals surface area contributed by atoms with E-state index in [0.717, 1.165) is 11.1 Å². The van der Waals surface area contributed by atoms with Gasteiger partial charge in [0.1, 0.15) is 12.4 Å². The highest BCUT2D eigenvalue weighted by molar-refractivity contribution is 5.90. The number of esters is 1. The minimum atomic E-state index is -1.86. The zero-order valence-corrected chi connectivity index (χ0v) is 19.3. The van der Waals surface area contributed by atoms with E-state index < -0.39 is 11.6 Å². The predicted octanol–water partition coefficient (Wildman–Crippen LogP) is 1.91. The van der Waals surface area contributed by atoms with Crippen LogP contribution in [-0.4, -0.2) is 45.5 Å². The Kier molecular flexibility index (Phi) is 5.43. The van der Waals surface area contributed by atoms with E-state index in [9.17, 15) is 19.8 Å². The zero-order chi connectivity index (χ0) is 24.2. The molecular formula is C25H27N3O6. The molecule has 2 aromatic heterocycles. The number of cyclic esters (lactones) is 1. The molecule has 3 aromatic rings. The number of benzene rings is 1. The number of aromatic nitrogens is 2. The van der Waals surface area contributed by atoms with Crippen molar-refractivity contribution in [1.82, 2.24) is 14.9 Å². The molecular weight excluding hydrogens is 438 g/mol. The highest BCUT2D eigenvalue weighted by atomic mass is 16.6. The standard InChI is InChI=1S/C25H27N3O6/c1-4-25(32)18-8-20-21-15(10-28(20)23(30)17(18)12-34-24(25)31)7-16-19(27-21)6-5-14(22(16)29)9-26-13(2)11-33-3/h5-8,13,26,29,32H,4,9-12H2,1-3H3/t13?,25-/m0/s1. The average molecular weight is 466 g/mol. The fraction of sp³-hybridized carbons (Fsp3) is 0.400. The number of rotatable bonds is 6. The number of carbonyl (C=O) groups is 1. The number of pyridine rings is 2. The first-order chi connectivity index (χ1) is 16.3. The Bertz CT molecular complexity index is 1380. The summed E-state index contributed by atoms with van der Waals surface area (Å²) in [6.45, 7) is 4.82. The molecule has 0 spiro atoms. The highest BCUT2D eigenvalue weighted by Gasteiger charge is 2.45. The second-order valence-electron chi connectivity index (χ2n) is 8.98. The van der Waals surface area contributed by atoms with Gasteiger partial charge in [0.2, 0.25) is 0 Å². The van der Waals surface area contributed by atoms with Gasteiger partial charge in [0.25, 0.3) is 5.56 Å². The molecule has 0 saturated heterocycles. The van der Waals surface area contributed by atoms with E-state index in [1.165, 1.54) is 0 Å². The first-order valence-corrected chi connectivity index (χ1v) is 11.3. The third kappa shape index (κ3) is 3.31. The molecule has 1 aromatic carbocycles. The second-order valence-corrected chi connectivity index (χ2v) is 8.98. The number of phenols is 1. The van der Waals surface area contributed by atoms with Gasteiger partial charge in [-0.15, -0.1) is 0 Å². The van der Waals surface area contributed by atoms with E-state index in [4.69, 9.17) is 14.5 Å². The number of aliphatic hydroxyl groups is 1. The Balaban J connectivity index is 1.59. The number of fused-ring (bicyclic) bond motifs is 5. The van der Waals surface area contributed by atoms with Crippen molar-refractivity contribution in [1.29, 1.82) is 0 Å². The SMILES string of the molecule is CC[C@@]1(O)C(=O)OCc2c1cc1n(c2=O)Cc2cc3c(O)c(CNC(C)COC)ccc3nc2-1. The number of ether oxygens (including phenoxy) is 2. The largest absolute Gasteiger partial charge is 0.507 e. The van der Waals surface area contributed by atoms with Crippen LogP contribution in [0.2, 0.25) is 0 Å². The van der Waals surface area contributed by atoms with Gasteiger partial charge in [-0.2, -0.15) is 0 Å². The summed E-state index contributed by atoms with van der Waals surface area (Å²) >= 11 is 0. The van der Waals surface area contributed by atoms with Gasteiger partial charge in [-0.25, -0.2) is 9.78 Å². The summed E-state index contributed by atoms with van der Waals surface area (Å²) in [5, 5.41) is 25.8. The molecule has 2 aliphatic rings. The van der Waals surface area contributed by atoms with Gasteiger partial charge in [0.05, 0.1) is 35.6 Å². The van der Waals surface area contributed by atoms with E-state index >= 15 is 0 Å². The van der Waals surface area contributed by atoms with Crippen LogP contribution in [0.4, 0.5) is 0 Å². The Labute approximate surface area is 196 Å². The van der Waals surface area contributed by atoms with E-state index in [-0.39, 0.29) is 48.0 Å². The Morgan fingerprint density at radius 3 is 2.85 bits per heavy atom. The van der Waals surface area contributed by atoms with Gasteiger partial charge in [-0.1, -0.05) is 13.0 Å². The van der Waals surface area contributed by atoms with Crippen molar-refractivity contribution in [3.8, 4) is 17.1 Å². The smallest absolute Gasteiger partial charge is 0.343 e. The van der Waals surface area contributed by atoms with E-state index in [0.29, 0.717) is 35.4 Å². The van der Waals surface area contributed by atoms with Gasteiger partial charge < -0.3 is 29.6 Å². The minimum absolute atomic E-state index is 0.0907. The van der Waals surface area contributed by atoms with Gasteiger partial charge in [0, 0.05) is 41.8 Å². The zero-order valence-electron chi connectivity index (χ0n) is 19.3. The number of hydrogen-bond acceptors (Lipinski definition) is 8. The lowest BCUT2D eigenvalue weighted by molar-refractivity contribution is -0.172.